The van der Waals surface area contributed by atoms with Gasteiger partial charge in [0, 0.05) is 8.95 Å². The van der Waals surface area contributed by atoms with E-state index in [-0.39, 0.29) is 12.5 Å². The summed E-state index contributed by atoms with van der Waals surface area (Å²) in [6.07, 6.45) is 0. The molecule has 4 nitrogen and oxygen atoms in total. The molecule has 0 aliphatic carbocycles. The Labute approximate surface area is 139 Å². The lowest BCUT2D eigenvalue weighted by molar-refractivity contribution is 0.102. The second kappa shape index (κ2) is 7.25. The molecule has 1 amide bonds. The fraction of sp³-hybridized carbons (Fsp3) is 0.0667. The number of nitrogens with zero attached hydrogens (tertiary/aromatic N) is 1. The van der Waals surface area contributed by atoms with Crippen molar-refractivity contribution < 1.29 is 9.53 Å². The topological polar surface area (TPSA) is 62.1 Å². The Morgan fingerprint density at radius 3 is 2.71 bits per heavy atom. The predicted octanol–water partition coefficient (Wildman–Crippen LogP) is 4.37. The number of amides is 1. The van der Waals surface area contributed by atoms with Crippen LogP contribution in [0.3, 0.4) is 0 Å². The molecule has 0 unspecified atom stereocenters. The number of nitriles is 1. The molecule has 0 aliphatic heterocycles. The lowest BCUT2D eigenvalue weighted by atomic mass is 10.2. The van der Waals surface area contributed by atoms with Crippen molar-refractivity contribution in [1.82, 2.24) is 0 Å². The summed E-state index contributed by atoms with van der Waals surface area (Å²) in [5, 5.41) is 11.3. The van der Waals surface area contributed by atoms with E-state index in [2.05, 4.69) is 37.2 Å². The Morgan fingerprint density at radius 1 is 1.24 bits per heavy atom. The minimum absolute atomic E-state index is 0.0745. The highest BCUT2D eigenvalue weighted by atomic mass is 79.9. The zero-order valence-electron chi connectivity index (χ0n) is 10.8. The first-order valence-electron chi connectivity index (χ1n) is 5.97. The highest BCUT2D eigenvalue weighted by Crippen LogP contribution is 2.26. The molecule has 106 valence electrons. The molecule has 0 atom stereocenters. The second-order valence-electron chi connectivity index (χ2n) is 4.02. The summed E-state index contributed by atoms with van der Waals surface area (Å²) in [5.74, 6) is 0.197. The van der Waals surface area contributed by atoms with Crippen LogP contribution < -0.4 is 10.1 Å². The van der Waals surface area contributed by atoms with Crippen molar-refractivity contribution in [2.24, 2.45) is 0 Å². The van der Waals surface area contributed by atoms with E-state index in [1.54, 1.807) is 42.5 Å². The molecule has 2 aromatic rings. The third kappa shape index (κ3) is 4.06. The Morgan fingerprint density at radius 2 is 2.00 bits per heavy atom. The molecule has 0 spiro atoms. The van der Waals surface area contributed by atoms with Gasteiger partial charge in [0.25, 0.3) is 5.91 Å². The van der Waals surface area contributed by atoms with E-state index in [1.807, 2.05) is 6.07 Å². The van der Waals surface area contributed by atoms with Crippen LogP contribution >= 0.6 is 31.9 Å². The number of para-hydroxylation sites is 2. The van der Waals surface area contributed by atoms with Crippen molar-refractivity contribution >= 4 is 43.5 Å². The molecule has 0 heterocycles. The van der Waals surface area contributed by atoms with Crippen LogP contribution in [-0.4, -0.2) is 12.5 Å². The van der Waals surface area contributed by atoms with Gasteiger partial charge in [0.2, 0.25) is 0 Å². The van der Waals surface area contributed by atoms with Crippen LogP contribution in [0.25, 0.3) is 0 Å². The third-order valence-electron chi connectivity index (χ3n) is 2.60. The number of carbonyl (C=O) groups is 1. The molecule has 1 N–H and O–H groups in total. The maximum Gasteiger partial charge on any atom is 0.256 e. The predicted molar refractivity (Wildman–Crippen MR) is 87.3 cm³/mol. The number of halogens is 2. The smallest absolute Gasteiger partial charge is 0.256 e. The lowest BCUT2D eigenvalue weighted by Gasteiger charge is -2.11. The van der Waals surface area contributed by atoms with Gasteiger partial charge in [-0.15, -0.1) is 0 Å². The van der Waals surface area contributed by atoms with Crippen LogP contribution in [0.5, 0.6) is 5.75 Å². The summed E-state index contributed by atoms with van der Waals surface area (Å²) in [5.41, 5.74) is 1.03. The van der Waals surface area contributed by atoms with E-state index in [0.29, 0.717) is 21.5 Å². The third-order valence-corrected chi connectivity index (χ3v) is 3.75. The molecule has 0 saturated carbocycles. The van der Waals surface area contributed by atoms with E-state index in [4.69, 9.17) is 10.00 Å². The maximum absolute atomic E-state index is 12.3. The van der Waals surface area contributed by atoms with Crippen LogP contribution in [-0.2, 0) is 0 Å². The summed E-state index contributed by atoms with van der Waals surface area (Å²) in [6.45, 7) is -0.0745. The normalized spacial score (nSPS) is 9.76. The number of nitrogens with one attached hydrogen (secondary N) is 1. The minimum atomic E-state index is -0.262. The molecular weight excluding hydrogens is 400 g/mol. The SMILES string of the molecule is N#CCOc1ccccc1NC(=O)c1ccc(Br)cc1Br. The van der Waals surface area contributed by atoms with Gasteiger partial charge in [-0.05, 0) is 46.3 Å². The minimum Gasteiger partial charge on any atom is -0.477 e. The Hall–Kier alpha value is -1.84. The summed E-state index contributed by atoms with van der Waals surface area (Å²) < 4.78 is 6.84. The van der Waals surface area contributed by atoms with Crippen LogP contribution in [0, 0.1) is 11.3 Å². The summed E-state index contributed by atoms with van der Waals surface area (Å²) in [4.78, 5) is 12.3. The monoisotopic (exact) mass is 408 g/mol. The quantitative estimate of drug-likeness (QED) is 0.815. The van der Waals surface area contributed by atoms with Gasteiger partial charge >= 0.3 is 0 Å². The van der Waals surface area contributed by atoms with Gasteiger partial charge in [-0.3, -0.25) is 4.79 Å². The maximum atomic E-state index is 12.3. The first-order chi connectivity index (χ1) is 10.1. The number of anilines is 1. The first kappa shape index (κ1) is 15.5. The van der Waals surface area contributed by atoms with Gasteiger partial charge in [0.1, 0.15) is 11.8 Å². The molecule has 0 saturated heterocycles. The molecule has 0 aromatic heterocycles. The number of rotatable bonds is 4. The van der Waals surface area contributed by atoms with Crippen molar-refractivity contribution in [1.29, 1.82) is 5.26 Å². The Kier molecular flexibility index (Phi) is 5.37. The number of hydrogen-bond donors (Lipinski definition) is 1. The lowest BCUT2D eigenvalue weighted by Crippen LogP contribution is -2.13. The molecule has 0 radical (unpaired) electrons. The first-order valence-corrected chi connectivity index (χ1v) is 7.55. The van der Waals surface area contributed by atoms with Crippen molar-refractivity contribution in [3.63, 3.8) is 0 Å². The van der Waals surface area contributed by atoms with Crippen LogP contribution in [0.4, 0.5) is 5.69 Å². The van der Waals surface area contributed by atoms with Crippen LogP contribution in [0.2, 0.25) is 0 Å². The van der Waals surface area contributed by atoms with Gasteiger partial charge in [-0.1, -0.05) is 28.1 Å². The Bertz CT molecular complexity index is 711. The van der Waals surface area contributed by atoms with Crippen molar-refractivity contribution in [3.8, 4) is 11.8 Å². The highest BCUT2D eigenvalue weighted by Gasteiger charge is 2.12. The van der Waals surface area contributed by atoms with Crippen molar-refractivity contribution in [3.05, 3.63) is 57.0 Å². The zero-order valence-corrected chi connectivity index (χ0v) is 13.9. The summed E-state index contributed by atoms with van der Waals surface area (Å²) >= 11 is 6.70. The van der Waals surface area contributed by atoms with Crippen LogP contribution in [0.1, 0.15) is 10.4 Å². The van der Waals surface area contributed by atoms with E-state index < -0.39 is 0 Å². The molecular formula is C15H10Br2N2O2. The van der Waals surface area contributed by atoms with E-state index >= 15 is 0 Å². The van der Waals surface area contributed by atoms with Gasteiger partial charge in [-0.25, -0.2) is 0 Å². The average Bonchev–Trinajstić information content (AvgIpc) is 2.46. The van der Waals surface area contributed by atoms with Crippen LogP contribution in [0.15, 0.2) is 51.4 Å². The van der Waals surface area contributed by atoms with Gasteiger partial charge in [-0.2, -0.15) is 5.26 Å². The highest BCUT2D eigenvalue weighted by molar-refractivity contribution is 9.11. The van der Waals surface area contributed by atoms with E-state index in [1.165, 1.54) is 0 Å². The molecule has 6 heteroatoms. The molecule has 0 aliphatic rings. The molecule has 0 bridgehead atoms. The number of hydrogen-bond acceptors (Lipinski definition) is 3. The molecule has 0 fully saturated rings. The standard InChI is InChI=1S/C15H10Br2N2O2/c16-10-5-6-11(12(17)9-10)15(20)19-13-3-1-2-4-14(13)21-8-7-18/h1-6,9H,8H2,(H,19,20). The van der Waals surface area contributed by atoms with Crippen molar-refractivity contribution in [2.45, 2.75) is 0 Å². The van der Waals surface area contributed by atoms with Crippen molar-refractivity contribution in [2.75, 3.05) is 11.9 Å². The summed E-state index contributed by atoms with van der Waals surface area (Å²) in [7, 11) is 0. The summed E-state index contributed by atoms with van der Waals surface area (Å²) in [6, 6.07) is 14.2. The molecule has 21 heavy (non-hydrogen) atoms. The number of carbonyl (C=O) groups excluding carboxylic acids is 1. The second-order valence-corrected chi connectivity index (χ2v) is 5.79. The number of benzene rings is 2. The fourth-order valence-electron chi connectivity index (χ4n) is 1.67. The Balaban J connectivity index is 2.22. The zero-order chi connectivity index (χ0) is 15.2. The molecule has 2 rings (SSSR count). The van der Waals surface area contributed by atoms with Gasteiger partial charge in [0.15, 0.2) is 6.61 Å². The number of ether oxygens (including phenoxy) is 1. The molecule has 2 aromatic carbocycles. The van der Waals surface area contributed by atoms with Gasteiger partial charge in [0.05, 0.1) is 11.3 Å². The largest absolute Gasteiger partial charge is 0.477 e. The van der Waals surface area contributed by atoms with E-state index in [0.717, 1.165) is 4.47 Å². The van der Waals surface area contributed by atoms with E-state index in [9.17, 15) is 4.79 Å². The average molecular weight is 410 g/mol. The fourth-order valence-corrected chi connectivity index (χ4v) is 2.90. The van der Waals surface area contributed by atoms with Gasteiger partial charge < -0.3 is 10.1 Å².